The van der Waals surface area contributed by atoms with E-state index in [0.717, 1.165) is 16.6 Å². The monoisotopic (exact) mass is 266 g/mol. The Morgan fingerprint density at radius 1 is 1.10 bits per heavy atom. The minimum Gasteiger partial charge on any atom is -0.463 e. The Labute approximate surface area is 116 Å². The molecule has 0 aliphatic heterocycles. The second kappa shape index (κ2) is 5.19. The van der Waals surface area contributed by atoms with E-state index in [9.17, 15) is 4.79 Å². The van der Waals surface area contributed by atoms with Gasteiger partial charge in [-0.25, -0.2) is 0 Å². The fraction of sp³-hybridized carbons (Fsp3) is 0.0625. The number of anilines is 1. The molecule has 4 heteroatoms. The quantitative estimate of drug-likeness (QED) is 0.765. The van der Waals surface area contributed by atoms with Crippen LogP contribution in [0.4, 0.5) is 5.69 Å². The first kappa shape index (κ1) is 12.4. The Hall–Kier alpha value is -2.59. The summed E-state index contributed by atoms with van der Waals surface area (Å²) in [5, 5.41) is 3.66. The molecule has 0 saturated heterocycles. The number of rotatable bonds is 3. The van der Waals surface area contributed by atoms with E-state index in [-0.39, 0.29) is 5.91 Å². The van der Waals surface area contributed by atoms with Crippen molar-refractivity contribution in [3.8, 4) is 0 Å². The van der Waals surface area contributed by atoms with Crippen LogP contribution in [0.25, 0.3) is 11.0 Å². The maximum atomic E-state index is 12.2. The first-order valence-electron chi connectivity index (χ1n) is 6.34. The van der Waals surface area contributed by atoms with E-state index in [4.69, 9.17) is 10.2 Å². The summed E-state index contributed by atoms with van der Waals surface area (Å²) in [5.41, 5.74) is 8.54. The molecule has 0 spiro atoms. The number of furan rings is 1. The Morgan fingerprint density at radius 3 is 2.60 bits per heavy atom. The Bertz CT molecular complexity index is 745. The van der Waals surface area contributed by atoms with E-state index < -0.39 is 0 Å². The zero-order chi connectivity index (χ0) is 13.9. The van der Waals surface area contributed by atoms with Crippen molar-refractivity contribution in [2.75, 3.05) is 5.32 Å². The average molecular weight is 266 g/mol. The molecule has 0 unspecified atom stereocenters. The van der Waals surface area contributed by atoms with E-state index >= 15 is 0 Å². The molecule has 2 aromatic carbocycles. The molecule has 1 heterocycles. The second-order valence-electron chi connectivity index (χ2n) is 4.50. The zero-order valence-corrected chi connectivity index (χ0v) is 10.8. The van der Waals surface area contributed by atoms with Crippen molar-refractivity contribution in [3.63, 3.8) is 0 Å². The molecule has 0 fully saturated rings. The minimum atomic E-state index is -0.185. The summed E-state index contributed by atoms with van der Waals surface area (Å²) in [6.45, 7) is 0.487. The number of carbonyl (C=O) groups excluding carboxylic acids is 1. The predicted molar refractivity (Wildman–Crippen MR) is 78.5 cm³/mol. The zero-order valence-electron chi connectivity index (χ0n) is 10.8. The van der Waals surface area contributed by atoms with Gasteiger partial charge in [-0.2, -0.15) is 0 Å². The number of para-hydroxylation sites is 1. The van der Waals surface area contributed by atoms with Gasteiger partial charge in [0.15, 0.2) is 0 Å². The Morgan fingerprint density at radius 2 is 1.85 bits per heavy atom. The molecule has 0 saturated carbocycles. The van der Waals surface area contributed by atoms with E-state index in [2.05, 4.69) is 5.32 Å². The van der Waals surface area contributed by atoms with Gasteiger partial charge >= 0.3 is 0 Å². The highest BCUT2D eigenvalue weighted by Gasteiger charge is 2.13. The van der Waals surface area contributed by atoms with Gasteiger partial charge in [0.1, 0.15) is 11.8 Å². The average Bonchev–Trinajstić information content (AvgIpc) is 2.92. The molecule has 0 radical (unpaired) electrons. The van der Waals surface area contributed by atoms with Crippen molar-refractivity contribution in [3.05, 3.63) is 65.9 Å². The van der Waals surface area contributed by atoms with Crippen LogP contribution in [0.2, 0.25) is 0 Å². The van der Waals surface area contributed by atoms with Crippen LogP contribution in [-0.4, -0.2) is 5.91 Å². The van der Waals surface area contributed by atoms with E-state index in [0.29, 0.717) is 17.7 Å². The first-order chi connectivity index (χ1) is 9.78. The molecule has 20 heavy (non-hydrogen) atoms. The number of fused-ring (bicyclic) bond motifs is 1. The molecular weight excluding hydrogens is 252 g/mol. The fourth-order valence-electron chi connectivity index (χ4n) is 2.08. The molecule has 1 amide bonds. The SMILES string of the molecule is NCc1ccc(NC(=O)c2coc3ccccc23)cc1. The van der Waals surface area contributed by atoms with Gasteiger partial charge in [0.25, 0.3) is 5.91 Å². The van der Waals surface area contributed by atoms with Crippen LogP contribution < -0.4 is 11.1 Å². The summed E-state index contributed by atoms with van der Waals surface area (Å²) >= 11 is 0. The second-order valence-corrected chi connectivity index (χ2v) is 4.50. The molecule has 0 aliphatic carbocycles. The highest BCUT2D eigenvalue weighted by atomic mass is 16.3. The van der Waals surface area contributed by atoms with Crippen LogP contribution in [0.5, 0.6) is 0 Å². The van der Waals surface area contributed by atoms with Crippen LogP contribution >= 0.6 is 0 Å². The third kappa shape index (κ3) is 2.29. The van der Waals surface area contributed by atoms with Gasteiger partial charge in [-0.05, 0) is 23.8 Å². The lowest BCUT2D eigenvalue weighted by Gasteiger charge is -2.04. The van der Waals surface area contributed by atoms with Gasteiger partial charge < -0.3 is 15.5 Å². The van der Waals surface area contributed by atoms with E-state index in [1.54, 1.807) is 0 Å². The van der Waals surface area contributed by atoms with E-state index in [1.807, 2.05) is 48.5 Å². The maximum Gasteiger partial charge on any atom is 0.259 e. The normalized spacial score (nSPS) is 10.7. The number of hydrogen-bond donors (Lipinski definition) is 2. The van der Waals surface area contributed by atoms with Gasteiger partial charge in [-0.3, -0.25) is 4.79 Å². The largest absolute Gasteiger partial charge is 0.463 e. The van der Waals surface area contributed by atoms with Gasteiger partial charge in [-0.15, -0.1) is 0 Å². The lowest BCUT2D eigenvalue weighted by Crippen LogP contribution is -2.11. The van der Waals surface area contributed by atoms with Crippen LogP contribution in [0.1, 0.15) is 15.9 Å². The lowest BCUT2D eigenvalue weighted by atomic mass is 10.1. The van der Waals surface area contributed by atoms with Gasteiger partial charge in [-0.1, -0.05) is 30.3 Å². The number of benzene rings is 2. The number of nitrogens with one attached hydrogen (secondary N) is 1. The number of amides is 1. The van der Waals surface area contributed by atoms with Gasteiger partial charge in [0.05, 0.1) is 5.56 Å². The van der Waals surface area contributed by atoms with Crippen molar-refractivity contribution in [2.24, 2.45) is 5.73 Å². The molecule has 0 aliphatic rings. The summed E-state index contributed by atoms with van der Waals surface area (Å²) in [5.74, 6) is -0.185. The summed E-state index contributed by atoms with van der Waals surface area (Å²) in [7, 11) is 0. The predicted octanol–water partition coefficient (Wildman–Crippen LogP) is 3.14. The standard InChI is InChI=1S/C16H14N2O2/c17-9-11-5-7-12(8-6-11)18-16(19)14-10-20-15-4-2-1-3-13(14)15/h1-8,10H,9,17H2,(H,18,19). The van der Waals surface area contributed by atoms with Crippen molar-refractivity contribution in [1.82, 2.24) is 0 Å². The first-order valence-corrected chi connectivity index (χ1v) is 6.34. The molecule has 4 nitrogen and oxygen atoms in total. The van der Waals surface area contributed by atoms with Gasteiger partial charge in [0, 0.05) is 17.6 Å². The third-order valence-corrected chi connectivity index (χ3v) is 3.17. The molecule has 3 aromatic rings. The summed E-state index contributed by atoms with van der Waals surface area (Å²) in [6, 6.07) is 14.9. The molecule has 0 bridgehead atoms. The highest BCUT2D eigenvalue weighted by Crippen LogP contribution is 2.21. The van der Waals surface area contributed by atoms with Crippen LogP contribution in [-0.2, 0) is 6.54 Å². The number of nitrogens with two attached hydrogens (primary N) is 1. The third-order valence-electron chi connectivity index (χ3n) is 3.17. The smallest absolute Gasteiger partial charge is 0.259 e. The highest BCUT2D eigenvalue weighted by molar-refractivity contribution is 6.12. The fourth-order valence-corrected chi connectivity index (χ4v) is 2.08. The van der Waals surface area contributed by atoms with Crippen molar-refractivity contribution in [1.29, 1.82) is 0 Å². The molecule has 0 atom stereocenters. The maximum absolute atomic E-state index is 12.2. The summed E-state index contributed by atoms with van der Waals surface area (Å²) in [4.78, 5) is 12.2. The Balaban J connectivity index is 1.85. The van der Waals surface area contributed by atoms with E-state index in [1.165, 1.54) is 6.26 Å². The summed E-state index contributed by atoms with van der Waals surface area (Å²) < 4.78 is 5.37. The Kier molecular flexibility index (Phi) is 3.23. The van der Waals surface area contributed by atoms with Crippen molar-refractivity contribution >= 4 is 22.6 Å². The topological polar surface area (TPSA) is 68.3 Å². The molecule has 100 valence electrons. The molecular formula is C16H14N2O2. The van der Waals surface area contributed by atoms with Crippen LogP contribution in [0, 0.1) is 0 Å². The lowest BCUT2D eigenvalue weighted by molar-refractivity contribution is 0.102. The van der Waals surface area contributed by atoms with Crippen molar-refractivity contribution < 1.29 is 9.21 Å². The summed E-state index contributed by atoms with van der Waals surface area (Å²) in [6.07, 6.45) is 1.48. The van der Waals surface area contributed by atoms with Gasteiger partial charge in [0.2, 0.25) is 0 Å². The van der Waals surface area contributed by atoms with Crippen LogP contribution in [0.15, 0.2) is 59.2 Å². The molecule has 3 rings (SSSR count). The number of carbonyl (C=O) groups is 1. The number of hydrogen-bond acceptors (Lipinski definition) is 3. The molecule has 3 N–H and O–H groups in total. The van der Waals surface area contributed by atoms with Crippen LogP contribution in [0.3, 0.4) is 0 Å². The minimum absolute atomic E-state index is 0.185. The molecule has 1 aromatic heterocycles. The van der Waals surface area contributed by atoms with Crippen molar-refractivity contribution in [2.45, 2.75) is 6.54 Å².